The first-order valence-electron chi connectivity index (χ1n) is 6.81. The number of hydrogen-bond acceptors (Lipinski definition) is 4. The quantitative estimate of drug-likeness (QED) is 0.900. The molecule has 6 nitrogen and oxygen atoms in total. The lowest BCUT2D eigenvalue weighted by Gasteiger charge is -2.11. The Morgan fingerprint density at radius 1 is 1.43 bits per heavy atom. The number of carbonyl (C=O) groups is 1. The van der Waals surface area contributed by atoms with Crippen LogP contribution in [0.2, 0.25) is 0 Å². The van der Waals surface area contributed by atoms with Crippen LogP contribution in [-0.4, -0.2) is 22.7 Å². The van der Waals surface area contributed by atoms with Crippen molar-refractivity contribution in [2.75, 3.05) is 6.79 Å². The van der Waals surface area contributed by atoms with Gasteiger partial charge < -0.3 is 19.8 Å². The summed E-state index contributed by atoms with van der Waals surface area (Å²) in [4.78, 5) is 19.4. The van der Waals surface area contributed by atoms with Crippen LogP contribution in [0.15, 0.2) is 24.4 Å². The van der Waals surface area contributed by atoms with Crippen LogP contribution >= 0.6 is 0 Å². The van der Waals surface area contributed by atoms with Crippen LogP contribution < -0.4 is 14.8 Å². The molecule has 1 aromatic carbocycles. The number of carbonyl (C=O) groups excluding carboxylic acids is 1. The van der Waals surface area contributed by atoms with Gasteiger partial charge in [-0.05, 0) is 31.5 Å². The summed E-state index contributed by atoms with van der Waals surface area (Å²) in [6, 6.07) is 5.38. The number of ether oxygens (including phenoxy) is 2. The molecule has 2 aromatic rings. The smallest absolute Gasteiger partial charge is 0.231 e. The van der Waals surface area contributed by atoms with Crippen LogP contribution in [0.4, 0.5) is 0 Å². The van der Waals surface area contributed by atoms with Crippen molar-refractivity contribution in [2.45, 2.75) is 26.3 Å². The third-order valence-corrected chi connectivity index (χ3v) is 3.31. The van der Waals surface area contributed by atoms with E-state index < -0.39 is 0 Å². The summed E-state index contributed by atoms with van der Waals surface area (Å²) in [5.41, 5.74) is 1.86. The van der Waals surface area contributed by atoms with E-state index in [2.05, 4.69) is 15.3 Å². The molecular formula is C15H17N3O3. The van der Waals surface area contributed by atoms with E-state index in [4.69, 9.17) is 9.47 Å². The number of aromatic nitrogens is 2. The molecule has 110 valence electrons. The van der Waals surface area contributed by atoms with E-state index in [1.165, 1.54) is 0 Å². The van der Waals surface area contributed by atoms with E-state index in [0.29, 0.717) is 12.2 Å². The molecule has 1 aliphatic heterocycles. The molecule has 1 aliphatic rings. The maximum absolute atomic E-state index is 12.1. The third kappa shape index (κ3) is 2.99. The molecule has 0 aliphatic carbocycles. The van der Waals surface area contributed by atoms with Crippen LogP contribution in [0.1, 0.15) is 30.0 Å². The molecule has 2 heterocycles. The molecule has 0 saturated carbocycles. The van der Waals surface area contributed by atoms with Crippen molar-refractivity contribution in [2.24, 2.45) is 0 Å². The van der Waals surface area contributed by atoms with Gasteiger partial charge in [-0.1, -0.05) is 6.07 Å². The average molecular weight is 287 g/mol. The first kappa shape index (κ1) is 13.5. The second kappa shape index (κ2) is 5.47. The summed E-state index contributed by atoms with van der Waals surface area (Å²) >= 11 is 0. The molecule has 0 radical (unpaired) electrons. The monoisotopic (exact) mass is 287 g/mol. The maximum Gasteiger partial charge on any atom is 0.231 e. The number of fused-ring (bicyclic) bond motifs is 1. The van der Waals surface area contributed by atoms with Crippen molar-refractivity contribution in [1.82, 2.24) is 15.3 Å². The van der Waals surface area contributed by atoms with Gasteiger partial charge >= 0.3 is 0 Å². The lowest BCUT2D eigenvalue weighted by atomic mass is 10.1. The van der Waals surface area contributed by atoms with E-state index in [0.717, 1.165) is 22.8 Å². The lowest BCUT2D eigenvalue weighted by molar-refractivity contribution is -0.121. The third-order valence-electron chi connectivity index (χ3n) is 3.31. The fourth-order valence-corrected chi connectivity index (χ4v) is 2.25. The molecule has 0 bridgehead atoms. The summed E-state index contributed by atoms with van der Waals surface area (Å²) in [7, 11) is 0. The molecule has 1 atom stereocenters. The van der Waals surface area contributed by atoms with Crippen molar-refractivity contribution >= 4 is 5.91 Å². The van der Waals surface area contributed by atoms with E-state index in [9.17, 15) is 4.79 Å². The first-order valence-corrected chi connectivity index (χ1v) is 6.81. The lowest BCUT2D eigenvalue weighted by Crippen LogP contribution is -2.28. The van der Waals surface area contributed by atoms with Gasteiger partial charge in [0.25, 0.3) is 0 Å². The summed E-state index contributed by atoms with van der Waals surface area (Å²) in [5.74, 6) is 2.11. The minimum Gasteiger partial charge on any atom is -0.454 e. The molecule has 3 rings (SSSR count). The molecule has 0 fully saturated rings. The van der Waals surface area contributed by atoms with Crippen LogP contribution in [-0.2, 0) is 11.2 Å². The van der Waals surface area contributed by atoms with Crippen molar-refractivity contribution in [3.63, 3.8) is 0 Å². The topological polar surface area (TPSA) is 76.2 Å². The molecule has 0 spiro atoms. The van der Waals surface area contributed by atoms with Crippen LogP contribution in [0.3, 0.4) is 0 Å². The Morgan fingerprint density at radius 2 is 2.24 bits per heavy atom. The number of imidazole rings is 1. The largest absolute Gasteiger partial charge is 0.454 e. The van der Waals surface area contributed by atoms with E-state index in [1.807, 2.05) is 32.0 Å². The van der Waals surface area contributed by atoms with E-state index in [-0.39, 0.29) is 18.7 Å². The molecule has 6 heteroatoms. The summed E-state index contributed by atoms with van der Waals surface area (Å²) in [6.07, 6.45) is 2.04. The van der Waals surface area contributed by atoms with Gasteiger partial charge in [0.1, 0.15) is 5.82 Å². The highest BCUT2D eigenvalue weighted by Crippen LogP contribution is 2.32. The summed E-state index contributed by atoms with van der Waals surface area (Å²) < 4.78 is 10.6. The summed E-state index contributed by atoms with van der Waals surface area (Å²) in [6.45, 7) is 4.06. The van der Waals surface area contributed by atoms with Crippen molar-refractivity contribution in [3.8, 4) is 11.5 Å². The minimum absolute atomic E-state index is 0.0598. The van der Waals surface area contributed by atoms with Gasteiger partial charge in [-0.25, -0.2) is 4.98 Å². The van der Waals surface area contributed by atoms with Gasteiger partial charge in [-0.2, -0.15) is 0 Å². The Labute approximate surface area is 122 Å². The standard InChI is InChI=1S/C15H17N3O3/c1-9-7-16-15(17-9)10(2)18-14(19)6-11-3-4-12-13(5-11)21-8-20-12/h3-5,7,10H,6,8H2,1-2H3,(H,16,17)(H,18,19)/t10-/m0/s1. The predicted molar refractivity (Wildman–Crippen MR) is 76.2 cm³/mol. The minimum atomic E-state index is -0.153. The number of nitrogens with one attached hydrogen (secondary N) is 2. The SMILES string of the molecule is Cc1cnc([C@H](C)NC(=O)Cc2ccc3c(c2)OCO3)[nH]1. The second-order valence-electron chi connectivity index (χ2n) is 5.11. The molecule has 0 unspecified atom stereocenters. The Balaban J connectivity index is 1.61. The highest BCUT2D eigenvalue weighted by molar-refractivity contribution is 5.79. The fraction of sp³-hybridized carbons (Fsp3) is 0.333. The predicted octanol–water partition coefficient (Wildman–Crippen LogP) is 1.87. The number of aryl methyl sites for hydroxylation is 1. The zero-order valence-electron chi connectivity index (χ0n) is 12.0. The molecule has 2 N–H and O–H groups in total. The van der Waals surface area contributed by atoms with Gasteiger partial charge in [0, 0.05) is 11.9 Å². The number of rotatable bonds is 4. The van der Waals surface area contributed by atoms with Crippen LogP contribution in [0.25, 0.3) is 0 Å². The van der Waals surface area contributed by atoms with Crippen molar-refractivity contribution in [3.05, 3.63) is 41.5 Å². The number of H-pyrrole nitrogens is 1. The van der Waals surface area contributed by atoms with Crippen molar-refractivity contribution in [1.29, 1.82) is 0 Å². The van der Waals surface area contributed by atoms with Gasteiger partial charge in [-0.3, -0.25) is 4.79 Å². The maximum atomic E-state index is 12.1. The zero-order chi connectivity index (χ0) is 14.8. The fourth-order valence-electron chi connectivity index (χ4n) is 2.25. The number of aromatic amines is 1. The number of benzene rings is 1. The zero-order valence-corrected chi connectivity index (χ0v) is 12.0. The molecule has 1 aromatic heterocycles. The first-order chi connectivity index (χ1) is 10.1. The Bertz CT molecular complexity index is 666. The van der Waals surface area contributed by atoms with E-state index >= 15 is 0 Å². The second-order valence-corrected chi connectivity index (χ2v) is 5.11. The van der Waals surface area contributed by atoms with Gasteiger partial charge in [0.15, 0.2) is 11.5 Å². The van der Waals surface area contributed by atoms with Crippen molar-refractivity contribution < 1.29 is 14.3 Å². The molecular weight excluding hydrogens is 270 g/mol. The normalized spacial score (nSPS) is 14.0. The Hall–Kier alpha value is -2.50. The molecule has 1 amide bonds. The number of amides is 1. The number of nitrogens with zero attached hydrogens (tertiary/aromatic N) is 1. The summed E-state index contributed by atoms with van der Waals surface area (Å²) in [5, 5.41) is 2.92. The highest BCUT2D eigenvalue weighted by atomic mass is 16.7. The molecule has 21 heavy (non-hydrogen) atoms. The van der Waals surface area contributed by atoms with Gasteiger partial charge in [0.05, 0.1) is 12.5 Å². The Kier molecular flexibility index (Phi) is 3.51. The van der Waals surface area contributed by atoms with Gasteiger partial charge in [-0.15, -0.1) is 0 Å². The van der Waals surface area contributed by atoms with Gasteiger partial charge in [0.2, 0.25) is 12.7 Å². The number of hydrogen-bond donors (Lipinski definition) is 2. The van der Waals surface area contributed by atoms with E-state index in [1.54, 1.807) is 6.20 Å². The highest BCUT2D eigenvalue weighted by Gasteiger charge is 2.16. The molecule has 0 saturated heterocycles. The average Bonchev–Trinajstić information content (AvgIpc) is 3.06. The van der Waals surface area contributed by atoms with Crippen LogP contribution in [0, 0.1) is 6.92 Å². The Morgan fingerprint density at radius 3 is 3.00 bits per heavy atom. The van der Waals surface area contributed by atoms with Crippen LogP contribution in [0.5, 0.6) is 11.5 Å².